The Morgan fingerprint density at radius 1 is 0.475 bits per heavy atom. The minimum absolute atomic E-state index is 0.0526. The highest BCUT2D eigenvalue weighted by molar-refractivity contribution is 6.08. The van der Waals surface area contributed by atoms with Crippen molar-refractivity contribution in [3.8, 4) is 44.8 Å². The summed E-state index contributed by atoms with van der Waals surface area (Å²) < 4.78 is 6.55. The van der Waals surface area contributed by atoms with Crippen LogP contribution in [0.5, 0.6) is 0 Å². The Hall–Kier alpha value is -4.95. The molecule has 2 heterocycles. The average Bonchev–Trinajstić information content (AvgIpc) is 3.48. The van der Waals surface area contributed by atoms with Gasteiger partial charge in [-0.1, -0.05) is 105 Å². The number of hydrogen-bond donors (Lipinski definition) is 0. The lowest BCUT2D eigenvalue weighted by Crippen LogP contribution is -2.14. The van der Waals surface area contributed by atoms with E-state index in [0.717, 1.165) is 55.6 Å². The normalized spacial score (nSPS) is 13.4. The first kappa shape index (κ1) is 23.0. The number of hydrogen-bond acceptors (Lipinski definition) is 2. The summed E-state index contributed by atoms with van der Waals surface area (Å²) in [5.74, 6) is 0. The summed E-state index contributed by atoms with van der Waals surface area (Å²) >= 11 is 0. The van der Waals surface area contributed by atoms with E-state index >= 15 is 0 Å². The standard InChI is InChI=1S/C38H27NO/c1-38(2)32-16-10-9-15-28(32)30-22-31-29-18-17-26(21-36(29)40-37(31)23-33(30)38)27-19-34(24-11-5-3-6-12-24)39-35(20-27)25-13-7-4-8-14-25/h3-23H,1-2H3. The van der Waals surface area contributed by atoms with Gasteiger partial charge in [-0.2, -0.15) is 0 Å². The van der Waals surface area contributed by atoms with E-state index in [9.17, 15) is 0 Å². The Kier molecular flexibility index (Phi) is 4.90. The molecule has 8 rings (SSSR count). The lowest BCUT2D eigenvalue weighted by Gasteiger charge is -2.21. The Morgan fingerprint density at radius 3 is 1.80 bits per heavy atom. The lowest BCUT2D eigenvalue weighted by molar-refractivity contribution is 0.647. The molecule has 0 N–H and O–H groups in total. The van der Waals surface area contributed by atoms with E-state index in [1.54, 1.807) is 0 Å². The summed E-state index contributed by atoms with van der Waals surface area (Å²) in [5, 5.41) is 2.31. The predicted octanol–water partition coefficient (Wildman–Crippen LogP) is 10.3. The molecule has 0 spiro atoms. The van der Waals surface area contributed by atoms with Gasteiger partial charge in [-0.3, -0.25) is 0 Å². The van der Waals surface area contributed by atoms with Crippen LogP contribution >= 0.6 is 0 Å². The topological polar surface area (TPSA) is 26.0 Å². The summed E-state index contributed by atoms with van der Waals surface area (Å²) in [6.45, 7) is 4.62. The molecule has 2 aromatic heterocycles. The van der Waals surface area contributed by atoms with Crippen molar-refractivity contribution in [2.45, 2.75) is 19.3 Å². The number of rotatable bonds is 3. The second kappa shape index (κ2) is 8.53. The summed E-state index contributed by atoms with van der Waals surface area (Å²) in [6, 6.07) is 45.1. The first-order chi connectivity index (χ1) is 19.6. The molecule has 2 nitrogen and oxygen atoms in total. The molecular formula is C38H27NO. The van der Waals surface area contributed by atoms with Crippen LogP contribution in [-0.2, 0) is 5.41 Å². The van der Waals surface area contributed by atoms with Gasteiger partial charge < -0.3 is 4.42 Å². The Morgan fingerprint density at radius 2 is 1.10 bits per heavy atom. The van der Waals surface area contributed by atoms with E-state index in [0.29, 0.717) is 0 Å². The van der Waals surface area contributed by atoms with Gasteiger partial charge in [-0.05, 0) is 69.8 Å². The number of pyridine rings is 1. The average molecular weight is 514 g/mol. The fourth-order valence-electron chi connectivity index (χ4n) is 6.36. The molecule has 40 heavy (non-hydrogen) atoms. The molecule has 190 valence electrons. The van der Waals surface area contributed by atoms with Gasteiger partial charge in [0, 0.05) is 27.3 Å². The van der Waals surface area contributed by atoms with Crippen molar-refractivity contribution in [3.05, 3.63) is 139 Å². The zero-order valence-electron chi connectivity index (χ0n) is 22.5. The maximum absolute atomic E-state index is 6.55. The van der Waals surface area contributed by atoms with E-state index in [1.807, 2.05) is 12.1 Å². The van der Waals surface area contributed by atoms with Crippen molar-refractivity contribution in [1.82, 2.24) is 4.98 Å². The first-order valence-corrected chi connectivity index (χ1v) is 13.8. The number of furan rings is 1. The highest BCUT2D eigenvalue weighted by Crippen LogP contribution is 2.50. The molecule has 7 aromatic rings. The zero-order chi connectivity index (χ0) is 26.8. The third kappa shape index (κ3) is 3.46. The lowest BCUT2D eigenvalue weighted by atomic mass is 9.82. The molecule has 0 aliphatic heterocycles. The van der Waals surface area contributed by atoms with Crippen molar-refractivity contribution in [3.63, 3.8) is 0 Å². The Balaban J connectivity index is 1.30. The quantitative estimate of drug-likeness (QED) is 0.235. The van der Waals surface area contributed by atoms with Crippen LogP contribution in [0.1, 0.15) is 25.0 Å². The molecule has 0 fully saturated rings. The van der Waals surface area contributed by atoms with Crippen molar-refractivity contribution in [1.29, 1.82) is 0 Å². The van der Waals surface area contributed by atoms with Crippen molar-refractivity contribution >= 4 is 21.9 Å². The van der Waals surface area contributed by atoms with Crippen LogP contribution in [0, 0.1) is 0 Å². The second-order valence-electron chi connectivity index (χ2n) is 11.2. The molecule has 0 saturated heterocycles. The molecule has 2 heteroatoms. The second-order valence-corrected chi connectivity index (χ2v) is 11.2. The van der Waals surface area contributed by atoms with Crippen molar-refractivity contribution < 1.29 is 4.42 Å². The van der Waals surface area contributed by atoms with Crippen molar-refractivity contribution in [2.24, 2.45) is 0 Å². The van der Waals surface area contributed by atoms with Gasteiger partial charge in [0.1, 0.15) is 11.2 Å². The van der Waals surface area contributed by atoms with Crippen molar-refractivity contribution in [2.75, 3.05) is 0 Å². The monoisotopic (exact) mass is 513 g/mol. The van der Waals surface area contributed by atoms with Gasteiger partial charge in [0.25, 0.3) is 0 Å². The molecule has 0 amide bonds. The van der Waals surface area contributed by atoms with Crippen LogP contribution in [-0.4, -0.2) is 4.98 Å². The maximum atomic E-state index is 6.55. The number of benzene rings is 5. The molecule has 0 radical (unpaired) electrons. The smallest absolute Gasteiger partial charge is 0.136 e. The number of nitrogens with zero attached hydrogens (tertiary/aromatic N) is 1. The molecule has 0 saturated carbocycles. The number of fused-ring (bicyclic) bond motifs is 6. The largest absolute Gasteiger partial charge is 0.456 e. The third-order valence-electron chi connectivity index (χ3n) is 8.47. The molecular weight excluding hydrogens is 486 g/mol. The predicted molar refractivity (Wildman–Crippen MR) is 165 cm³/mol. The summed E-state index contributed by atoms with van der Waals surface area (Å²) in [6.07, 6.45) is 0. The van der Waals surface area contributed by atoms with E-state index in [1.165, 1.54) is 22.3 Å². The van der Waals surface area contributed by atoms with Crippen LogP contribution in [0.25, 0.3) is 66.7 Å². The molecule has 0 bridgehead atoms. The Labute approximate surface area is 233 Å². The summed E-state index contributed by atoms with van der Waals surface area (Å²) in [4.78, 5) is 5.04. The minimum atomic E-state index is -0.0526. The summed E-state index contributed by atoms with van der Waals surface area (Å²) in [5.41, 5.74) is 13.5. The van der Waals surface area contributed by atoms with E-state index < -0.39 is 0 Å². The minimum Gasteiger partial charge on any atom is -0.456 e. The van der Waals surface area contributed by atoms with Crippen LogP contribution in [0.2, 0.25) is 0 Å². The van der Waals surface area contributed by atoms with Gasteiger partial charge in [0.15, 0.2) is 0 Å². The van der Waals surface area contributed by atoms with Crippen LogP contribution in [0.15, 0.2) is 132 Å². The highest BCUT2D eigenvalue weighted by Gasteiger charge is 2.36. The van der Waals surface area contributed by atoms with Gasteiger partial charge in [0.2, 0.25) is 0 Å². The van der Waals surface area contributed by atoms with E-state index in [2.05, 4.69) is 129 Å². The maximum Gasteiger partial charge on any atom is 0.136 e. The zero-order valence-corrected chi connectivity index (χ0v) is 22.5. The molecule has 0 atom stereocenters. The highest BCUT2D eigenvalue weighted by atomic mass is 16.3. The molecule has 5 aromatic carbocycles. The van der Waals surface area contributed by atoms with E-state index in [-0.39, 0.29) is 5.41 Å². The van der Waals surface area contributed by atoms with Gasteiger partial charge >= 0.3 is 0 Å². The van der Waals surface area contributed by atoms with Crippen LogP contribution in [0.3, 0.4) is 0 Å². The molecule has 1 aliphatic carbocycles. The van der Waals surface area contributed by atoms with Crippen LogP contribution in [0.4, 0.5) is 0 Å². The fraction of sp³-hybridized carbons (Fsp3) is 0.0789. The van der Waals surface area contributed by atoms with E-state index in [4.69, 9.17) is 9.40 Å². The third-order valence-corrected chi connectivity index (χ3v) is 8.47. The van der Waals surface area contributed by atoms with Gasteiger partial charge in [-0.15, -0.1) is 0 Å². The Bertz CT molecular complexity index is 2010. The summed E-state index contributed by atoms with van der Waals surface area (Å²) in [7, 11) is 0. The first-order valence-electron chi connectivity index (χ1n) is 13.8. The van der Waals surface area contributed by atoms with Gasteiger partial charge in [0.05, 0.1) is 11.4 Å². The molecule has 1 aliphatic rings. The number of aromatic nitrogens is 1. The SMILES string of the molecule is CC1(C)c2ccccc2-c2cc3c(cc21)oc1cc(-c2cc(-c4ccccc4)nc(-c4ccccc4)c2)ccc13. The van der Waals surface area contributed by atoms with Crippen LogP contribution < -0.4 is 0 Å². The fourth-order valence-corrected chi connectivity index (χ4v) is 6.36. The molecule has 0 unspecified atom stereocenters. The van der Waals surface area contributed by atoms with Gasteiger partial charge in [-0.25, -0.2) is 4.98 Å².